The standard InChI is InChI=1S/C76H100N18O19S/c1-39(2)35-76(5)75(112)92-52(22-25-61(79)99)67(104)89-57(65(102)83-37-62(80)100)34-63(101)81-27-28-113-47-18-15-42(16-19-47)31-54(70(107)88-55(73(110)94-76)32-43-14-17-44-10-6-7-11-45(44)30-43)87-72(109)58-38-114-29-26-53(84-41(4)96)68(105)85-51(21-24-60(78)98)69(106)93-64(40(3)95)74(111)90-56(33-46-36-82-49-13-9-8-12-48(46)49)71(108)86-50(66(103)91-58)20-23-59(77)97/h6-19,30,36,39-40,50-58,64,82,95H,20-29,31-35,37-38H2,1-5H3,(H2,77,97)(H2,78,98)(H2,79,99)(H2,80,100)(H,81,101)(H,83,102)(H,84,96)(H,85,105)(H,86,108)(H,87,109)(H,88,107)(H,89,104)(H,90,111)(H,91,103)(H,92,112)(H,93,106)(H,94,110)/t40-,50+,51+,52+,53+,54+,55+,56+,57+,58+,64+,76+/m1/s1. The zero-order valence-corrected chi connectivity index (χ0v) is 64.5. The zero-order valence-electron chi connectivity index (χ0n) is 63.7. The van der Waals surface area contributed by atoms with E-state index in [0.29, 0.717) is 27.6 Å². The SMILES string of the molecule is CC(=O)N[C@H]1CCSC[C@@H](C(=O)N[C@H]2Cc3ccc(cc3)OCCNC(=O)C[C@@H](C(=O)NCC(N)=O)NC(=O)[C@H](CCC(N)=O)NC(=O)[C@](C)(CC(C)C)NC(=O)[C@H](Cc3ccc4ccccc4c3)NC2=O)NC(=O)[C@H](CCC(N)=O)NC(=O)[C@H](Cc2c[nH]c3ccccc23)NC(=O)[C@H]([C@@H](C)O)NC(=O)[C@H](CCC(N)=O)NC1=O. The van der Waals surface area contributed by atoms with E-state index in [0.717, 1.165) is 36.4 Å². The van der Waals surface area contributed by atoms with Gasteiger partial charge in [0, 0.05) is 68.3 Å². The van der Waals surface area contributed by atoms with E-state index in [-0.39, 0.29) is 50.3 Å². The molecule has 12 atom stereocenters. The number of carbonyl (C=O) groups is 17. The highest BCUT2D eigenvalue weighted by molar-refractivity contribution is 7.99. The molecular formula is C76H100N18O19S. The highest BCUT2D eigenvalue weighted by atomic mass is 32.2. The van der Waals surface area contributed by atoms with Crippen LogP contribution in [0.4, 0.5) is 0 Å². The molecule has 1 saturated heterocycles. The van der Waals surface area contributed by atoms with E-state index in [4.69, 9.17) is 27.7 Å². The summed E-state index contributed by atoms with van der Waals surface area (Å²) < 4.78 is 5.91. The molecule has 1 aromatic heterocycles. The maximum absolute atomic E-state index is 15.7. The third kappa shape index (κ3) is 27.6. The van der Waals surface area contributed by atoms with Crippen molar-refractivity contribution < 1.29 is 91.4 Å². The summed E-state index contributed by atoms with van der Waals surface area (Å²) in [7, 11) is 0. The Labute approximate surface area is 659 Å². The topological polar surface area (TPSA) is 596 Å². The molecule has 3 aliphatic rings. The van der Waals surface area contributed by atoms with E-state index in [2.05, 4.69) is 74.1 Å². The van der Waals surface area contributed by atoms with Gasteiger partial charge in [-0.2, -0.15) is 11.8 Å². The number of ether oxygens (including phenoxy) is 1. The van der Waals surface area contributed by atoms with Crippen molar-refractivity contribution in [1.82, 2.24) is 74.1 Å². The number of H-pyrrole nitrogens is 1. The highest BCUT2D eigenvalue weighted by Gasteiger charge is 2.42. The predicted molar refractivity (Wildman–Crippen MR) is 415 cm³/mol. The summed E-state index contributed by atoms with van der Waals surface area (Å²) in [6, 6.07) is 8.43. The summed E-state index contributed by atoms with van der Waals surface area (Å²) in [5, 5.41) is 46.5. The van der Waals surface area contributed by atoms with Crippen LogP contribution in [0.15, 0.2) is 97.2 Å². The summed E-state index contributed by atoms with van der Waals surface area (Å²) >= 11 is 0.929. The number of para-hydroxylation sites is 1. The van der Waals surface area contributed by atoms with E-state index in [1.54, 1.807) is 68.6 Å². The molecule has 4 aromatic carbocycles. The Hall–Kier alpha value is -12.2. The lowest BCUT2D eigenvalue weighted by atomic mass is 9.88. The fraction of sp³-hybridized carbons (Fsp3) is 0.461. The van der Waals surface area contributed by atoms with Crippen LogP contribution in [-0.4, -0.2) is 214 Å². The molecule has 114 heavy (non-hydrogen) atoms. The molecule has 23 N–H and O–H groups in total. The first-order valence-corrected chi connectivity index (χ1v) is 38.2. The van der Waals surface area contributed by atoms with Gasteiger partial charge in [-0.25, -0.2) is 0 Å². The Morgan fingerprint density at radius 1 is 0.579 bits per heavy atom. The van der Waals surface area contributed by atoms with Gasteiger partial charge in [0.15, 0.2) is 0 Å². The molecule has 5 aromatic rings. The van der Waals surface area contributed by atoms with Gasteiger partial charge in [0.05, 0.1) is 25.6 Å². The molecule has 0 spiro atoms. The van der Waals surface area contributed by atoms with Crippen molar-refractivity contribution in [2.75, 3.05) is 31.2 Å². The molecule has 38 heteroatoms. The summed E-state index contributed by atoms with van der Waals surface area (Å²) in [5.41, 5.74) is 21.8. The molecule has 8 rings (SSSR count). The number of primary amides is 4. The smallest absolute Gasteiger partial charge is 0.246 e. The number of aromatic nitrogens is 1. The summed E-state index contributed by atoms with van der Waals surface area (Å²) in [6.45, 7) is 5.94. The second-order valence-electron chi connectivity index (χ2n) is 28.6. The average Bonchev–Trinajstić information content (AvgIpc) is 1.37. The number of nitrogens with one attached hydrogen (secondary N) is 14. The van der Waals surface area contributed by atoms with Gasteiger partial charge in [0.25, 0.3) is 0 Å². The second-order valence-corrected chi connectivity index (χ2v) is 29.8. The van der Waals surface area contributed by atoms with Crippen molar-refractivity contribution in [2.45, 2.75) is 184 Å². The van der Waals surface area contributed by atoms with Crippen LogP contribution >= 0.6 is 11.8 Å². The van der Waals surface area contributed by atoms with Crippen LogP contribution in [0.1, 0.15) is 109 Å². The molecule has 0 unspecified atom stereocenters. The first kappa shape index (κ1) is 89.0. The number of thioether (sulfide) groups is 1. The number of hydrogen-bond donors (Lipinski definition) is 19. The third-order valence-electron chi connectivity index (χ3n) is 18.6. The van der Waals surface area contributed by atoms with E-state index in [1.807, 2.05) is 18.2 Å². The number of benzene rings is 4. The van der Waals surface area contributed by atoms with Gasteiger partial charge in [0.1, 0.15) is 78.3 Å². The minimum absolute atomic E-state index is 0.137. The van der Waals surface area contributed by atoms with Crippen LogP contribution in [0, 0.1) is 5.92 Å². The minimum atomic E-state index is -2.01. The van der Waals surface area contributed by atoms with Crippen LogP contribution in [0.2, 0.25) is 0 Å². The lowest BCUT2D eigenvalue weighted by molar-refractivity contribution is -0.138. The maximum atomic E-state index is 15.7. The van der Waals surface area contributed by atoms with E-state index >= 15 is 28.8 Å². The highest BCUT2D eigenvalue weighted by Crippen LogP contribution is 2.24. The number of fused-ring (bicyclic) bond motifs is 23. The van der Waals surface area contributed by atoms with Crippen LogP contribution in [0.3, 0.4) is 0 Å². The number of hydrogen-bond acceptors (Lipinski definition) is 20. The Morgan fingerprint density at radius 2 is 1.14 bits per heavy atom. The van der Waals surface area contributed by atoms with Crippen molar-refractivity contribution in [3.63, 3.8) is 0 Å². The molecule has 4 heterocycles. The number of nitrogens with two attached hydrogens (primary N) is 4. The number of carbonyl (C=O) groups excluding carboxylic acids is 17. The van der Waals surface area contributed by atoms with Crippen molar-refractivity contribution >= 4 is 134 Å². The first-order chi connectivity index (χ1) is 54.0. The van der Waals surface area contributed by atoms with Crippen LogP contribution in [0.25, 0.3) is 21.7 Å². The number of aliphatic hydroxyl groups excluding tert-OH is 1. The molecule has 17 amide bonds. The molecule has 0 radical (unpaired) electrons. The Kier molecular flexibility index (Phi) is 33.1. The molecular weight excluding hydrogens is 1500 g/mol. The fourth-order valence-corrected chi connectivity index (χ4v) is 13.9. The van der Waals surface area contributed by atoms with Crippen molar-refractivity contribution in [3.8, 4) is 5.75 Å². The summed E-state index contributed by atoms with van der Waals surface area (Å²) in [4.78, 5) is 241. The number of rotatable bonds is 22. The predicted octanol–water partition coefficient (Wildman–Crippen LogP) is -4.05. The molecule has 0 saturated carbocycles. The van der Waals surface area contributed by atoms with Crippen molar-refractivity contribution in [3.05, 3.63) is 114 Å². The number of amides is 17. The van der Waals surface area contributed by atoms with Gasteiger partial charge < -0.3 is 107 Å². The second kappa shape index (κ2) is 42.4. The number of aliphatic hydroxyl groups is 1. The average molecular weight is 1600 g/mol. The largest absolute Gasteiger partial charge is 0.492 e. The normalized spacial score (nSPS) is 23.6. The molecule has 0 aliphatic carbocycles. The van der Waals surface area contributed by atoms with Crippen LogP contribution < -0.4 is 96.8 Å². The van der Waals surface area contributed by atoms with Crippen LogP contribution in [-0.2, 0) is 101 Å². The molecule has 1 fully saturated rings. The van der Waals surface area contributed by atoms with Gasteiger partial charge in [-0.3, -0.25) is 81.5 Å². The van der Waals surface area contributed by atoms with E-state index in [1.165, 1.54) is 31.2 Å². The van der Waals surface area contributed by atoms with E-state index in [9.17, 15) is 57.8 Å². The van der Waals surface area contributed by atoms with Crippen LogP contribution in [0.5, 0.6) is 5.75 Å². The van der Waals surface area contributed by atoms with Gasteiger partial charge in [0.2, 0.25) is 100 Å². The molecule has 2 bridgehead atoms. The third-order valence-corrected chi connectivity index (χ3v) is 19.7. The van der Waals surface area contributed by atoms with Gasteiger partial charge in [-0.15, -0.1) is 0 Å². The lowest BCUT2D eigenvalue weighted by Crippen LogP contribution is -2.65. The summed E-state index contributed by atoms with van der Waals surface area (Å²) in [6.07, 6.45) is -5.37. The van der Waals surface area contributed by atoms with Crippen molar-refractivity contribution in [2.24, 2.45) is 28.9 Å². The lowest BCUT2D eigenvalue weighted by Gasteiger charge is -2.35. The monoisotopic (exact) mass is 1600 g/mol. The quantitative estimate of drug-likeness (QED) is 0.0293. The number of aromatic amines is 1. The molecule has 3 aliphatic heterocycles. The Morgan fingerprint density at radius 3 is 1.76 bits per heavy atom. The maximum Gasteiger partial charge on any atom is 0.246 e. The Balaban J connectivity index is 1.33. The zero-order chi connectivity index (χ0) is 83.5. The fourth-order valence-electron chi connectivity index (χ4n) is 12.8. The van der Waals surface area contributed by atoms with Crippen molar-refractivity contribution in [1.29, 1.82) is 0 Å². The van der Waals surface area contributed by atoms with Gasteiger partial charge >= 0.3 is 0 Å². The molecule has 37 nitrogen and oxygen atoms in total. The van der Waals surface area contributed by atoms with E-state index < -0.39 is 242 Å². The summed E-state index contributed by atoms with van der Waals surface area (Å²) in [5.74, 6) is -17.7. The minimum Gasteiger partial charge on any atom is -0.492 e. The van der Waals surface area contributed by atoms with Gasteiger partial charge in [-0.1, -0.05) is 86.6 Å². The van der Waals surface area contributed by atoms with Gasteiger partial charge in [-0.05, 0) is 103 Å². The molecule has 614 valence electrons. The Bertz CT molecular complexity index is 4390. The first-order valence-electron chi connectivity index (χ1n) is 37.1.